The molecule has 0 amide bonds. The molecule has 0 saturated carbocycles. The summed E-state index contributed by atoms with van der Waals surface area (Å²) in [5.41, 5.74) is 5.38. The number of hydrogen-bond donors (Lipinski definition) is 2. The lowest BCUT2D eigenvalue weighted by atomic mass is 10.3. The van der Waals surface area contributed by atoms with Crippen molar-refractivity contribution in [3.63, 3.8) is 0 Å². The molecule has 1 rings (SSSR count). The fourth-order valence-electron chi connectivity index (χ4n) is 1.47. The van der Waals surface area contributed by atoms with Crippen molar-refractivity contribution in [1.82, 2.24) is 4.31 Å². The average Bonchev–Trinajstić information content (AvgIpc) is 2.30. The summed E-state index contributed by atoms with van der Waals surface area (Å²) in [5.74, 6) is -0.628. The lowest BCUT2D eigenvalue weighted by Crippen LogP contribution is -2.33. The Bertz CT molecular complexity index is 536. The van der Waals surface area contributed by atoms with Gasteiger partial charge in [-0.2, -0.15) is 4.31 Å². The van der Waals surface area contributed by atoms with Gasteiger partial charge in [0.2, 0.25) is 10.0 Å². The number of halogens is 2. The maximum absolute atomic E-state index is 13.2. The smallest absolute Gasteiger partial charge is 0.245 e. The minimum absolute atomic E-state index is 0.0235. The Labute approximate surface area is 114 Å². The third-order valence-corrected chi connectivity index (χ3v) is 5.01. The van der Waals surface area contributed by atoms with Crippen LogP contribution in [0.4, 0.5) is 10.1 Å². The monoisotopic (exact) mass is 340 g/mol. The van der Waals surface area contributed by atoms with E-state index in [1.54, 1.807) is 6.92 Å². The van der Waals surface area contributed by atoms with Crippen molar-refractivity contribution in [3.05, 3.63) is 22.4 Å². The molecule has 5 nitrogen and oxygen atoms in total. The van der Waals surface area contributed by atoms with Gasteiger partial charge < -0.3 is 10.8 Å². The molecule has 1 aromatic carbocycles. The zero-order valence-electron chi connectivity index (χ0n) is 9.73. The standard InChI is InChI=1S/C10H14BrFN2O3S/c1-2-14(3-4-15)18(16,17)10-5-7(11)8(12)6-9(10)13/h5-6,15H,2-4,13H2,1H3. The van der Waals surface area contributed by atoms with Crippen LogP contribution in [0, 0.1) is 5.82 Å². The van der Waals surface area contributed by atoms with Crippen LogP contribution < -0.4 is 5.73 Å². The van der Waals surface area contributed by atoms with E-state index in [0.717, 1.165) is 16.4 Å². The summed E-state index contributed by atoms with van der Waals surface area (Å²) in [7, 11) is -3.83. The number of likely N-dealkylation sites (N-methyl/N-ethyl adjacent to an activating group) is 1. The summed E-state index contributed by atoms with van der Waals surface area (Å²) in [6.45, 7) is 1.50. The number of rotatable bonds is 5. The van der Waals surface area contributed by atoms with Crippen molar-refractivity contribution in [2.45, 2.75) is 11.8 Å². The normalized spacial score (nSPS) is 12.1. The number of nitrogens with two attached hydrogens (primary N) is 1. The Hall–Kier alpha value is -0.700. The summed E-state index contributed by atoms with van der Waals surface area (Å²) >= 11 is 2.92. The van der Waals surface area contributed by atoms with Gasteiger partial charge in [-0.1, -0.05) is 6.92 Å². The van der Waals surface area contributed by atoms with E-state index in [-0.39, 0.29) is 34.8 Å². The first-order valence-corrected chi connectivity index (χ1v) is 7.43. The molecule has 0 atom stereocenters. The van der Waals surface area contributed by atoms with E-state index >= 15 is 0 Å². The first kappa shape index (κ1) is 15.4. The van der Waals surface area contributed by atoms with Gasteiger partial charge in [0.15, 0.2) is 0 Å². The maximum Gasteiger partial charge on any atom is 0.245 e. The van der Waals surface area contributed by atoms with Gasteiger partial charge in [0, 0.05) is 13.1 Å². The van der Waals surface area contributed by atoms with Crippen LogP contribution in [0.2, 0.25) is 0 Å². The van der Waals surface area contributed by atoms with Crippen molar-refractivity contribution >= 4 is 31.6 Å². The Balaban J connectivity index is 3.32. The number of aliphatic hydroxyl groups is 1. The summed E-state index contributed by atoms with van der Waals surface area (Å²) < 4.78 is 38.8. The van der Waals surface area contributed by atoms with E-state index in [1.165, 1.54) is 0 Å². The predicted octanol–water partition coefficient (Wildman–Crippen LogP) is 1.17. The van der Waals surface area contributed by atoms with Crippen LogP contribution in [0.15, 0.2) is 21.5 Å². The Kier molecular flexibility index (Phi) is 5.09. The number of benzene rings is 1. The lowest BCUT2D eigenvalue weighted by molar-refractivity contribution is 0.257. The van der Waals surface area contributed by atoms with Gasteiger partial charge in [0.25, 0.3) is 0 Å². The molecular formula is C10H14BrFN2O3S. The van der Waals surface area contributed by atoms with Gasteiger partial charge in [-0.3, -0.25) is 0 Å². The second-order valence-electron chi connectivity index (χ2n) is 3.52. The van der Waals surface area contributed by atoms with Gasteiger partial charge >= 0.3 is 0 Å². The molecule has 0 aliphatic heterocycles. The molecule has 8 heteroatoms. The highest BCUT2D eigenvalue weighted by Crippen LogP contribution is 2.28. The van der Waals surface area contributed by atoms with E-state index in [2.05, 4.69) is 15.9 Å². The zero-order valence-corrected chi connectivity index (χ0v) is 12.1. The van der Waals surface area contributed by atoms with Crippen LogP contribution in [-0.4, -0.2) is 37.5 Å². The number of anilines is 1. The molecule has 0 heterocycles. The Morgan fingerprint density at radius 2 is 2.11 bits per heavy atom. The summed E-state index contributed by atoms with van der Waals surface area (Å²) in [6, 6.07) is 2.07. The molecular weight excluding hydrogens is 327 g/mol. The molecule has 0 aliphatic carbocycles. The second kappa shape index (κ2) is 5.96. The SMILES string of the molecule is CCN(CCO)S(=O)(=O)c1cc(Br)c(F)cc1N. The molecule has 3 N–H and O–H groups in total. The molecule has 0 fully saturated rings. The molecule has 0 aromatic heterocycles. The Morgan fingerprint density at radius 1 is 1.50 bits per heavy atom. The largest absolute Gasteiger partial charge is 0.398 e. The summed E-state index contributed by atoms with van der Waals surface area (Å²) in [6.07, 6.45) is 0. The van der Waals surface area contributed by atoms with Crippen LogP contribution in [0.3, 0.4) is 0 Å². The fourth-order valence-corrected chi connectivity index (χ4v) is 3.52. The Morgan fingerprint density at radius 3 is 2.61 bits per heavy atom. The summed E-state index contributed by atoms with van der Waals surface area (Å²) in [5, 5.41) is 8.84. The highest BCUT2D eigenvalue weighted by atomic mass is 79.9. The van der Waals surface area contributed by atoms with Crippen LogP contribution in [0.1, 0.15) is 6.92 Å². The van der Waals surface area contributed by atoms with Crippen LogP contribution in [0.25, 0.3) is 0 Å². The topological polar surface area (TPSA) is 83.6 Å². The number of aliphatic hydroxyl groups excluding tert-OH is 1. The fraction of sp³-hybridized carbons (Fsp3) is 0.400. The highest BCUT2D eigenvalue weighted by Gasteiger charge is 2.26. The first-order valence-electron chi connectivity index (χ1n) is 5.20. The van der Waals surface area contributed by atoms with Gasteiger partial charge in [-0.05, 0) is 28.1 Å². The molecule has 0 bridgehead atoms. The van der Waals surface area contributed by atoms with Crippen LogP contribution in [0.5, 0.6) is 0 Å². The van der Waals surface area contributed by atoms with E-state index in [9.17, 15) is 12.8 Å². The number of sulfonamides is 1. The molecule has 0 unspecified atom stereocenters. The predicted molar refractivity (Wildman–Crippen MR) is 70.0 cm³/mol. The van der Waals surface area contributed by atoms with Gasteiger partial charge in [0.05, 0.1) is 16.8 Å². The number of nitrogens with zero attached hydrogens (tertiary/aromatic N) is 1. The van der Waals surface area contributed by atoms with E-state index in [0.29, 0.717) is 0 Å². The van der Waals surface area contributed by atoms with Crippen molar-refractivity contribution < 1.29 is 17.9 Å². The minimum Gasteiger partial charge on any atom is -0.398 e. The first-order chi connectivity index (χ1) is 8.34. The maximum atomic E-state index is 13.2. The zero-order chi connectivity index (χ0) is 13.9. The molecule has 1 aromatic rings. The van der Waals surface area contributed by atoms with Gasteiger partial charge in [-0.15, -0.1) is 0 Å². The quantitative estimate of drug-likeness (QED) is 0.788. The van der Waals surface area contributed by atoms with Gasteiger partial charge in [0.1, 0.15) is 10.7 Å². The molecule has 0 radical (unpaired) electrons. The van der Waals surface area contributed by atoms with E-state index < -0.39 is 15.8 Å². The van der Waals surface area contributed by atoms with Crippen molar-refractivity contribution in [1.29, 1.82) is 0 Å². The highest BCUT2D eigenvalue weighted by molar-refractivity contribution is 9.10. The van der Waals surface area contributed by atoms with Crippen molar-refractivity contribution in [3.8, 4) is 0 Å². The molecule has 0 saturated heterocycles. The minimum atomic E-state index is -3.83. The lowest BCUT2D eigenvalue weighted by Gasteiger charge is -2.20. The van der Waals surface area contributed by atoms with E-state index in [4.69, 9.17) is 10.8 Å². The van der Waals surface area contributed by atoms with Crippen LogP contribution >= 0.6 is 15.9 Å². The molecule has 0 aliphatic rings. The van der Waals surface area contributed by atoms with Crippen molar-refractivity contribution in [2.24, 2.45) is 0 Å². The van der Waals surface area contributed by atoms with Crippen molar-refractivity contribution in [2.75, 3.05) is 25.4 Å². The molecule has 102 valence electrons. The molecule has 18 heavy (non-hydrogen) atoms. The second-order valence-corrected chi connectivity index (χ2v) is 6.29. The average molecular weight is 341 g/mol. The summed E-state index contributed by atoms with van der Waals surface area (Å²) in [4.78, 5) is -0.175. The number of hydrogen-bond acceptors (Lipinski definition) is 4. The number of nitrogen functional groups attached to an aromatic ring is 1. The molecule has 0 spiro atoms. The third-order valence-electron chi connectivity index (χ3n) is 2.37. The van der Waals surface area contributed by atoms with E-state index in [1.807, 2.05) is 0 Å². The van der Waals surface area contributed by atoms with Crippen LogP contribution in [-0.2, 0) is 10.0 Å². The third kappa shape index (κ3) is 3.00. The van der Waals surface area contributed by atoms with Gasteiger partial charge in [-0.25, -0.2) is 12.8 Å².